The Labute approximate surface area is 73.6 Å². The SMILES string of the molecule is COCC(C)(C)c1ccccn1. The Morgan fingerprint density at radius 2 is 2.17 bits per heavy atom. The van der Waals surface area contributed by atoms with E-state index in [-0.39, 0.29) is 5.41 Å². The second-order valence-corrected chi connectivity index (χ2v) is 3.53. The molecule has 12 heavy (non-hydrogen) atoms. The maximum absolute atomic E-state index is 5.12. The molecule has 2 nitrogen and oxygen atoms in total. The molecular formula is C10H15NO. The van der Waals surface area contributed by atoms with Crippen LogP contribution in [0.25, 0.3) is 0 Å². The molecule has 66 valence electrons. The van der Waals surface area contributed by atoms with Crippen molar-refractivity contribution in [3.8, 4) is 0 Å². The first kappa shape index (κ1) is 9.20. The third-order valence-corrected chi connectivity index (χ3v) is 1.86. The summed E-state index contributed by atoms with van der Waals surface area (Å²) in [6.07, 6.45) is 1.81. The Morgan fingerprint density at radius 3 is 2.67 bits per heavy atom. The van der Waals surface area contributed by atoms with Crippen LogP contribution in [0.5, 0.6) is 0 Å². The van der Waals surface area contributed by atoms with E-state index in [1.165, 1.54) is 0 Å². The first-order valence-electron chi connectivity index (χ1n) is 4.07. The lowest BCUT2D eigenvalue weighted by Crippen LogP contribution is -2.24. The normalized spacial score (nSPS) is 11.6. The van der Waals surface area contributed by atoms with Crippen LogP contribution in [0.4, 0.5) is 0 Å². The lowest BCUT2D eigenvalue weighted by Gasteiger charge is -2.22. The van der Waals surface area contributed by atoms with E-state index in [0.717, 1.165) is 5.69 Å². The second kappa shape index (κ2) is 3.68. The van der Waals surface area contributed by atoms with Crippen LogP contribution in [0.3, 0.4) is 0 Å². The Hall–Kier alpha value is -0.890. The van der Waals surface area contributed by atoms with Gasteiger partial charge in [0.25, 0.3) is 0 Å². The number of ether oxygens (including phenoxy) is 1. The van der Waals surface area contributed by atoms with Crippen LogP contribution in [-0.4, -0.2) is 18.7 Å². The minimum absolute atomic E-state index is 0.00993. The zero-order chi connectivity index (χ0) is 9.03. The van der Waals surface area contributed by atoms with Gasteiger partial charge in [-0.15, -0.1) is 0 Å². The molecule has 0 bridgehead atoms. The topological polar surface area (TPSA) is 22.1 Å². The lowest BCUT2D eigenvalue weighted by molar-refractivity contribution is 0.144. The first-order chi connectivity index (χ1) is 5.67. The van der Waals surface area contributed by atoms with Gasteiger partial charge in [0, 0.05) is 24.4 Å². The van der Waals surface area contributed by atoms with Crippen molar-refractivity contribution in [2.45, 2.75) is 19.3 Å². The summed E-state index contributed by atoms with van der Waals surface area (Å²) in [5.41, 5.74) is 1.09. The molecular weight excluding hydrogens is 150 g/mol. The van der Waals surface area contributed by atoms with Gasteiger partial charge in [-0.25, -0.2) is 0 Å². The van der Waals surface area contributed by atoms with Crippen molar-refractivity contribution in [1.82, 2.24) is 4.98 Å². The minimum atomic E-state index is 0.00993. The van der Waals surface area contributed by atoms with Gasteiger partial charge in [-0.1, -0.05) is 19.9 Å². The lowest BCUT2D eigenvalue weighted by atomic mass is 9.90. The van der Waals surface area contributed by atoms with Gasteiger partial charge in [0.1, 0.15) is 0 Å². The summed E-state index contributed by atoms with van der Waals surface area (Å²) in [4.78, 5) is 4.29. The molecule has 0 aromatic carbocycles. The van der Waals surface area contributed by atoms with Crippen LogP contribution < -0.4 is 0 Å². The second-order valence-electron chi connectivity index (χ2n) is 3.53. The highest BCUT2D eigenvalue weighted by Gasteiger charge is 2.21. The van der Waals surface area contributed by atoms with E-state index in [1.54, 1.807) is 7.11 Å². The zero-order valence-corrected chi connectivity index (χ0v) is 7.87. The van der Waals surface area contributed by atoms with Crippen molar-refractivity contribution in [2.24, 2.45) is 0 Å². The summed E-state index contributed by atoms with van der Waals surface area (Å²) in [5, 5.41) is 0. The van der Waals surface area contributed by atoms with Gasteiger partial charge in [0.2, 0.25) is 0 Å². The van der Waals surface area contributed by atoms with Gasteiger partial charge in [-0.3, -0.25) is 4.98 Å². The molecule has 0 saturated carbocycles. The van der Waals surface area contributed by atoms with E-state index in [1.807, 2.05) is 24.4 Å². The largest absolute Gasteiger partial charge is 0.384 e. The van der Waals surface area contributed by atoms with Crippen molar-refractivity contribution >= 4 is 0 Å². The number of nitrogens with zero attached hydrogens (tertiary/aromatic N) is 1. The van der Waals surface area contributed by atoms with Crippen molar-refractivity contribution < 1.29 is 4.74 Å². The summed E-state index contributed by atoms with van der Waals surface area (Å²) in [7, 11) is 1.71. The fraction of sp³-hybridized carbons (Fsp3) is 0.500. The molecule has 0 saturated heterocycles. The number of pyridine rings is 1. The maximum atomic E-state index is 5.12. The fourth-order valence-corrected chi connectivity index (χ4v) is 1.20. The number of aromatic nitrogens is 1. The van der Waals surface area contributed by atoms with Crippen molar-refractivity contribution in [3.05, 3.63) is 30.1 Å². The average Bonchev–Trinajstić information content (AvgIpc) is 2.06. The molecule has 0 aliphatic carbocycles. The highest BCUT2D eigenvalue weighted by atomic mass is 16.5. The summed E-state index contributed by atoms with van der Waals surface area (Å²) < 4.78 is 5.12. The van der Waals surface area contributed by atoms with Gasteiger partial charge in [-0.05, 0) is 12.1 Å². The van der Waals surface area contributed by atoms with Crippen molar-refractivity contribution in [3.63, 3.8) is 0 Å². The molecule has 0 fully saturated rings. The molecule has 0 N–H and O–H groups in total. The van der Waals surface area contributed by atoms with Crippen LogP contribution in [0.2, 0.25) is 0 Å². The molecule has 0 aliphatic heterocycles. The smallest absolute Gasteiger partial charge is 0.0568 e. The number of methoxy groups -OCH3 is 1. The predicted molar refractivity (Wildman–Crippen MR) is 49.1 cm³/mol. The van der Waals surface area contributed by atoms with E-state index in [0.29, 0.717) is 6.61 Å². The average molecular weight is 165 g/mol. The minimum Gasteiger partial charge on any atom is -0.384 e. The summed E-state index contributed by atoms with van der Waals surface area (Å²) >= 11 is 0. The number of rotatable bonds is 3. The Morgan fingerprint density at radius 1 is 1.42 bits per heavy atom. The molecule has 0 radical (unpaired) electrons. The Balaban J connectivity index is 2.82. The van der Waals surface area contributed by atoms with Gasteiger partial charge in [-0.2, -0.15) is 0 Å². The van der Waals surface area contributed by atoms with Crippen LogP contribution in [0, 0.1) is 0 Å². The highest BCUT2D eigenvalue weighted by Crippen LogP contribution is 2.20. The van der Waals surface area contributed by atoms with Crippen molar-refractivity contribution in [2.75, 3.05) is 13.7 Å². The van der Waals surface area contributed by atoms with Gasteiger partial charge < -0.3 is 4.74 Å². The molecule has 1 aromatic heterocycles. The van der Waals surface area contributed by atoms with E-state index >= 15 is 0 Å². The van der Waals surface area contributed by atoms with Crippen LogP contribution in [0.15, 0.2) is 24.4 Å². The number of hydrogen-bond donors (Lipinski definition) is 0. The summed E-state index contributed by atoms with van der Waals surface area (Å²) in [6, 6.07) is 5.95. The van der Waals surface area contributed by atoms with E-state index in [9.17, 15) is 0 Å². The Bertz CT molecular complexity index is 231. The predicted octanol–water partition coefficient (Wildman–Crippen LogP) is 2.01. The first-order valence-corrected chi connectivity index (χ1v) is 4.07. The molecule has 0 unspecified atom stereocenters. The Kier molecular flexibility index (Phi) is 2.82. The molecule has 1 aromatic rings. The van der Waals surface area contributed by atoms with E-state index < -0.39 is 0 Å². The van der Waals surface area contributed by atoms with E-state index in [2.05, 4.69) is 18.8 Å². The fourth-order valence-electron chi connectivity index (χ4n) is 1.20. The van der Waals surface area contributed by atoms with Crippen LogP contribution >= 0.6 is 0 Å². The molecule has 2 heteroatoms. The molecule has 0 atom stereocenters. The third-order valence-electron chi connectivity index (χ3n) is 1.86. The summed E-state index contributed by atoms with van der Waals surface area (Å²) in [6.45, 7) is 4.95. The quantitative estimate of drug-likeness (QED) is 0.683. The van der Waals surface area contributed by atoms with Crippen LogP contribution in [-0.2, 0) is 10.2 Å². The molecule has 0 aliphatic rings. The van der Waals surface area contributed by atoms with Gasteiger partial charge >= 0.3 is 0 Å². The maximum Gasteiger partial charge on any atom is 0.0568 e. The zero-order valence-electron chi connectivity index (χ0n) is 7.87. The summed E-state index contributed by atoms with van der Waals surface area (Å²) in [5.74, 6) is 0. The van der Waals surface area contributed by atoms with Crippen molar-refractivity contribution in [1.29, 1.82) is 0 Å². The number of hydrogen-bond acceptors (Lipinski definition) is 2. The van der Waals surface area contributed by atoms with Crippen LogP contribution in [0.1, 0.15) is 19.5 Å². The van der Waals surface area contributed by atoms with E-state index in [4.69, 9.17) is 4.74 Å². The standard InChI is InChI=1S/C10H15NO/c1-10(2,8-12-3)9-6-4-5-7-11-9/h4-7H,8H2,1-3H3. The molecule has 1 heterocycles. The molecule has 0 spiro atoms. The highest BCUT2D eigenvalue weighted by molar-refractivity contribution is 5.14. The van der Waals surface area contributed by atoms with Gasteiger partial charge in [0.05, 0.1) is 6.61 Å². The monoisotopic (exact) mass is 165 g/mol. The van der Waals surface area contributed by atoms with Gasteiger partial charge in [0.15, 0.2) is 0 Å². The molecule has 0 amide bonds. The third kappa shape index (κ3) is 2.05. The molecule has 1 rings (SSSR count).